The number of rotatable bonds is 8. The van der Waals surface area contributed by atoms with Crippen LogP contribution in [-0.2, 0) is 33.4 Å². The normalized spacial score (nSPS) is 38.3. The number of benzene rings is 1. The largest absolute Gasteiger partial charge is 0.469 e. The number of fused-ring (bicyclic) bond motifs is 5. The number of ketones is 1. The van der Waals surface area contributed by atoms with Gasteiger partial charge in [0.05, 0.1) is 15.2 Å². The highest BCUT2D eigenvalue weighted by Gasteiger charge is 2.70. The number of carbonyl (C=O) groups is 4. The summed E-state index contributed by atoms with van der Waals surface area (Å²) in [6.07, 6.45) is 4.95. The van der Waals surface area contributed by atoms with Crippen LogP contribution in [0.25, 0.3) is 0 Å². The average molecular weight is 639 g/mol. The summed E-state index contributed by atoms with van der Waals surface area (Å²) in [4.78, 5) is 51.0. The van der Waals surface area contributed by atoms with Gasteiger partial charge in [-0.25, -0.2) is 0 Å². The molecule has 0 amide bonds. The van der Waals surface area contributed by atoms with E-state index in [4.69, 9.17) is 14.2 Å². The van der Waals surface area contributed by atoms with Crippen LogP contribution in [0.1, 0.15) is 86.0 Å². The lowest BCUT2D eigenvalue weighted by atomic mass is 9.43. The number of hydrogen-bond donors (Lipinski definition) is 0. The van der Waals surface area contributed by atoms with Crippen molar-refractivity contribution in [3.05, 3.63) is 30.3 Å². The van der Waals surface area contributed by atoms with Crippen molar-refractivity contribution in [1.82, 2.24) is 0 Å². The Morgan fingerprint density at radius 1 is 0.933 bits per heavy atom. The molecule has 1 aromatic carbocycles. The highest BCUT2D eigenvalue weighted by atomic mass is 28.3. The summed E-state index contributed by atoms with van der Waals surface area (Å²) in [5, 5.41) is 1.36. The van der Waals surface area contributed by atoms with Crippen LogP contribution in [0.4, 0.5) is 0 Å². The van der Waals surface area contributed by atoms with Gasteiger partial charge < -0.3 is 14.2 Å². The number of ether oxygens (including phenoxy) is 3. The fraction of sp³-hybridized carbons (Fsp3) is 0.730. The van der Waals surface area contributed by atoms with Crippen molar-refractivity contribution in [2.45, 2.75) is 117 Å². The van der Waals surface area contributed by atoms with Gasteiger partial charge in [0.15, 0.2) is 0 Å². The molecule has 4 aliphatic carbocycles. The Morgan fingerprint density at radius 2 is 1.60 bits per heavy atom. The second kappa shape index (κ2) is 12.6. The van der Waals surface area contributed by atoms with Crippen LogP contribution in [0.15, 0.2) is 30.3 Å². The zero-order valence-corrected chi connectivity index (χ0v) is 29.6. The molecule has 248 valence electrons. The predicted molar refractivity (Wildman–Crippen MR) is 175 cm³/mol. The first kappa shape index (κ1) is 33.9. The van der Waals surface area contributed by atoms with Gasteiger partial charge in [0.25, 0.3) is 0 Å². The second-order valence-corrected chi connectivity index (χ2v) is 20.5. The predicted octanol–water partition coefficient (Wildman–Crippen LogP) is 6.48. The van der Waals surface area contributed by atoms with Crippen molar-refractivity contribution in [3.63, 3.8) is 0 Å². The van der Waals surface area contributed by atoms with Gasteiger partial charge in [-0.1, -0.05) is 69.4 Å². The van der Waals surface area contributed by atoms with Gasteiger partial charge in [0, 0.05) is 44.4 Å². The minimum absolute atomic E-state index is 0.100. The van der Waals surface area contributed by atoms with E-state index in [0.29, 0.717) is 37.9 Å². The maximum absolute atomic E-state index is 13.5. The summed E-state index contributed by atoms with van der Waals surface area (Å²) in [6.45, 7) is 14.8. The van der Waals surface area contributed by atoms with E-state index in [1.807, 2.05) is 0 Å². The standard InChI is InChI=1S/C37H54O7Si/c1-22(14-17-34(41)42-6)28-15-16-29-35-30(21-32(37(28,29)5)44-24(3)39)36(4)25(19-31(35)43-23(2)38)18-26(40)20-33(36)45(7,8)27-12-10-9-11-13-27/h9-13,22,25,28-33,35H,14-21H2,1-8H3/t22-,25+,28-,29+,30+,31-,32+,33-,35+,36+,37-/m1/s1. The monoisotopic (exact) mass is 638 g/mol. The van der Waals surface area contributed by atoms with Gasteiger partial charge in [0.1, 0.15) is 18.0 Å². The van der Waals surface area contributed by atoms with Gasteiger partial charge in [-0.2, -0.15) is 0 Å². The summed E-state index contributed by atoms with van der Waals surface area (Å²) in [5.41, 5.74) is -0.284. The van der Waals surface area contributed by atoms with Crippen molar-refractivity contribution in [1.29, 1.82) is 0 Å². The Balaban J connectivity index is 1.61. The van der Waals surface area contributed by atoms with Crippen molar-refractivity contribution >= 4 is 37.0 Å². The Bertz CT molecular complexity index is 1290. The van der Waals surface area contributed by atoms with Crippen molar-refractivity contribution in [2.75, 3.05) is 7.11 Å². The van der Waals surface area contributed by atoms with E-state index in [-0.39, 0.29) is 82.0 Å². The van der Waals surface area contributed by atoms with Crippen LogP contribution in [0.5, 0.6) is 0 Å². The number of hydrogen-bond acceptors (Lipinski definition) is 7. The highest BCUT2D eigenvalue weighted by molar-refractivity contribution is 6.91. The minimum atomic E-state index is -2.17. The third-order valence-electron chi connectivity index (χ3n) is 13.5. The molecule has 45 heavy (non-hydrogen) atoms. The molecule has 0 aliphatic heterocycles. The second-order valence-electron chi connectivity index (χ2n) is 15.8. The van der Waals surface area contributed by atoms with Crippen LogP contribution in [0.3, 0.4) is 0 Å². The lowest BCUT2D eigenvalue weighted by Crippen LogP contribution is -2.67. The molecule has 0 heterocycles. The van der Waals surface area contributed by atoms with Gasteiger partial charge in [-0.15, -0.1) is 0 Å². The molecule has 4 aliphatic rings. The van der Waals surface area contributed by atoms with E-state index in [1.165, 1.54) is 26.1 Å². The summed E-state index contributed by atoms with van der Waals surface area (Å²) in [5.74, 6) is 0.595. The molecule has 5 rings (SSSR count). The molecular formula is C37H54O7Si. The van der Waals surface area contributed by atoms with Gasteiger partial charge >= 0.3 is 17.9 Å². The molecule has 0 unspecified atom stereocenters. The molecule has 0 N–H and O–H groups in total. The van der Waals surface area contributed by atoms with E-state index in [9.17, 15) is 19.2 Å². The van der Waals surface area contributed by atoms with Gasteiger partial charge in [-0.05, 0) is 72.6 Å². The lowest BCUT2D eigenvalue weighted by Gasteiger charge is -2.66. The van der Waals surface area contributed by atoms with Gasteiger partial charge in [-0.3, -0.25) is 19.2 Å². The highest BCUT2D eigenvalue weighted by Crippen LogP contribution is 2.71. The quantitative estimate of drug-likeness (QED) is 0.183. The van der Waals surface area contributed by atoms with Crippen molar-refractivity contribution in [2.24, 2.45) is 46.3 Å². The van der Waals surface area contributed by atoms with Gasteiger partial charge in [0.2, 0.25) is 0 Å². The summed E-state index contributed by atoms with van der Waals surface area (Å²) < 4.78 is 17.6. The van der Waals surface area contributed by atoms with Crippen LogP contribution in [0, 0.1) is 46.3 Å². The molecule has 0 bridgehead atoms. The number of esters is 3. The van der Waals surface area contributed by atoms with E-state index in [1.54, 1.807) is 0 Å². The molecule has 0 radical (unpaired) electrons. The number of Topliss-reactive ketones (excluding diaryl/α,β-unsaturated/α-hetero) is 1. The molecule has 0 spiro atoms. The van der Waals surface area contributed by atoms with E-state index in [0.717, 1.165) is 19.3 Å². The Morgan fingerprint density at radius 3 is 2.22 bits per heavy atom. The fourth-order valence-electron chi connectivity index (χ4n) is 11.5. The lowest BCUT2D eigenvalue weighted by molar-refractivity contribution is -0.219. The Labute approximate surface area is 270 Å². The maximum Gasteiger partial charge on any atom is 0.305 e. The summed E-state index contributed by atoms with van der Waals surface area (Å²) >= 11 is 0. The minimum Gasteiger partial charge on any atom is -0.469 e. The first-order chi connectivity index (χ1) is 21.1. The zero-order chi connectivity index (χ0) is 32.9. The fourth-order valence-corrected chi connectivity index (χ4v) is 15.7. The third kappa shape index (κ3) is 5.82. The molecule has 4 fully saturated rings. The smallest absolute Gasteiger partial charge is 0.305 e. The first-order valence-electron chi connectivity index (χ1n) is 17.1. The molecule has 0 aromatic heterocycles. The van der Waals surface area contributed by atoms with Crippen LogP contribution in [0.2, 0.25) is 18.6 Å². The number of carbonyl (C=O) groups excluding carboxylic acids is 4. The Kier molecular flexibility index (Phi) is 9.49. The molecule has 0 saturated heterocycles. The molecular weight excluding hydrogens is 584 g/mol. The van der Waals surface area contributed by atoms with E-state index in [2.05, 4.69) is 64.2 Å². The maximum atomic E-state index is 13.5. The summed E-state index contributed by atoms with van der Waals surface area (Å²) in [7, 11) is -0.746. The van der Waals surface area contributed by atoms with Crippen LogP contribution in [-0.4, -0.2) is 51.1 Å². The molecule has 1 aromatic rings. The van der Waals surface area contributed by atoms with Crippen LogP contribution >= 0.6 is 0 Å². The van der Waals surface area contributed by atoms with Crippen molar-refractivity contribution < 1.29 is 33.4 Å². The molecule has 8 heteroatoms. The third-order valence-corrected chi connectivity index (χ3v) is 17.9. The SMILES string of the molecule is COC(=O)CC[C@@H](C)[C@H]1CC[C@H]2[C@@H]3[C@H](OC(C)=O)C[C@@H]4CC(=O)C[C@@H]([Si](C)(C)c5ccccc5)[C@]4(C)[C@H]3C[C@H](OC(C)=O)[C@]12C. The van der Waals surface area contributed by atoms with Crippen LogP contribution < -0.4 is 5.19 Å². The first-order valence-corrected chi connectivity index (χ1v) is 20.2. The average Bonchev–Trinajstić information content (AvgIpc) is 3.34. The molecule has 7 nitrogen and oxygen atoms in total. The number of methoxy groups -OCH3 is 1. The van der Waals surface area contributed by atoms with E-state index < -0.39 is 8.07 Å². The molecule has 4 saturated carbocycles. The van der Waals surface area contributed by atoms with E-state index >= 15 is 0 Å². The van der Waals surface area contributed by atoms with Crippen molar-refractivity contribution in [3.8, 4) is 0 Å². The Hall–Kier alpha value is -2.48. The topological polar surface area (TPSA) is 96.0 Å². The zero-order valence-electron chi connectivity index (χ0n) is 28.6. The summed E-state index contributed by atoms with van der Waals surface area (Å²) in [6, 6.07) is 10.7. The molecule has 11 atom stereocenters.